The second kappa shape index (κ2) is 10.2. The number of hydrogen-bond acceptors (Lipinski definition) is 4. The molecule has 0 radical (unpaired) electrons. The number of hydrogen-bond donors (Lipinski definition) is 1. The molecule has 0 spiro atoms. The predicted octanol–water partition coefficient (Wildman–Crippen LogP) is 5.74. The summed E-state index contributed by atoms with van der Waals surface area (Å²) >= 11 is 6.40. The summed E-state index contributed by atoms with van der Waals surface area (Å²) in [7, 11) is 0. The van der Waals surface area contributed by atoms with E-state index < -0.39 is 6.09 Å². The van der Waals surface area contributed by atoms with Gasteiger partial charge >= 0.3 is 6.09 Å². The smallest absolute Gasteiger partial charge is 0.393 e. The minimum absolute atomic E-state index is 0.430. The number of anilines is 1. The average Bonchev–Trinajstić information content (AvgIpc) is 3.21. The van der Waals surface area contributed by atoms with E-state index in [2.05, 4.69) is 15.2 Å². The molecule has 1 fully saturated rings. The highest BCUT2D eigenvalue weighted by Gasteiger charge is 2.21. The average molecular weight is 475 g/mol. The lowest BCUT2D eigenvalue weighted by Gasteiger charge is -2.33. The normalized spacial score (nSPS) is 14.3. The van der Waals surface area contributed by atoms with Crippen molar-refractivity contribution in [3.8, 4) is 5.88 Å². The molecule has 1 saturated heterocycles. The van der Waals surface area contributed by atoms with Crippen molar-refractivity contribution in [1.82, 2.24) is 14.9 Å². The summed E-state index contributed by atoms with van der Waals surface area (Å²) in [5.74, 6) is 0.936. The highest BCUT2D eigenvalue weighted by Crippen LogP contribution is 2.28. The van der Waals surface area contributed by atoms with Crippen molar-refractivity contribution in [2.75, 3.05) is 24.5 Å². The second-order valence-corrected chi connectivity index (χ2v) is 9.03. The number of piperidine rings is 1. The summed E-state index contributed by atoms with van der Waals surface area (Å²) < 4.78 is 7.77. The van der Waals surface area contributed by atoms with E-state index in [9.17, 15) is 4.79 Å². The van der Waals surface area contributed by atoms with Gasteiger partial charge in [-0.2, -0.15) is 0 Å². The van der Waals surface area contributed by atoms with Crippen molar-refractivity contribution in [3.05, 3.63) is 89.7 Å². The molecular formula is C27H27ClN4O2. The van der Waals surface area contributed by atoms with Crippen LogP contribution in [0, 0.1) is 5.92 Å². The quantitative estimate of drug-likeness (QED) is 0.387. The third-order valence-electron chi connectivity index (χ3n) is 6.43. The van der Waals surface area contributed by atoms with Gasteiger partial charge in [-0.05, 0) is 48.6 Å². The van der Waals surface area contributed by atoms with Gasteiger partial charge in [0, 0.05) is 54.2 Å². The maximum absolute atomic E-state index is 12.7. The first-order valence-corrected chi connectivity index (χ1v) is 12.0. The Labute approximate surface area is 204 Å². The fourth-order valence-corrected chi connectivity index (χ4v) is 4.73. The van der Waals surface area contributed by atoms with Gasteiger partial charge < -0.3 is 19.5 Å². The maximum atomic E-state index is 12.7. The van der Waals surface area contributed by atoms with Gasteiger partial charge in [-0.1, -0.05) is 48.0 Å². The van der Waals surface area contributed by atoms with E-state index in [-0.39, 0.29) is 0 Å². The number of nitrogens with one attached hydrogen (secondary N) is 1. The van der Waals surface area contributed by atoms with Crippen molar-refractivity contribution >= 4 is 34.3 Å². The van der Waals surface area contributed by atoms with E-state index in [0.29, 0.717) is 29.9 Å². The van der Waals surface area contributed by atoms with E-state index in [1.54, 1.807) is 0 Å². The lowest BCUT2D eigenvalue weighted by Crippen LogP contribution is -2.39. The fourth-order valence-electron chi connectivity index (χ4n) is 4.54. The van der Waals surface area contributed by atoms with Crippen molar-refractivity contribution in [2.45, 2.75) is 19.4 Å². The first-order valence-electron chi connectivity index (χ1n) is 11.6. The Morgan fingerprint density at radius 2 is 1.76 bits per heavy atom. The van der Waals surface area contributed by atoms with Crippen molar-refractivity contribution in [1.29, 1.82) is 0 Å². The topological polar surface area (TPSA) is 59.4 Å². The molecule has 7 heteroatoms. The Balaban J connectivity index is 1.21. The van der Waals surface area contributed by atoms with Crippen LogP contribution in [0.25, 0.3) is 10.9 Å². The highest BCUT2D eigenvalue weighted by molar-refractivity contribution is 6.31. The molecule has 0 atom stereocenters. The third-order valence-corrected chi connectivity index (χ3v) is 6.80. The summed E-state index contributed by atoms with van der Waals surface area (Å²) in [5, 5.41) is 4.68. The molecule has 5 rings (SSSR count). The van der Waals surface area contributed by atoms with Crippen LogP contribution in [0.2, 0.25) is 5.02 Å². The van der Waals surface area contributed by atoms with Gasteiger partial charge in [0.1, 0.15) is 0 Å². The number of halogens is 1. The maximum Gasteiger partial charge on any atom is 0.413 e. The molecule has 174 valence electrons. The van der Waals surface area contributed by atoms with Crippen LogP contribution in [0.3, 0.4) is 0 Å². The molecule has 0 aliphatic carbocycles. The van der Waals surface area contributed by atoms with Crippen LogP contribution < -0.4 is 15.0 Å². The number of carbonyl (C=O) groups is 1. The number of para-hydroxylation sites is 1. The molecule has 1 aliphatic heterocycles. The van der Waals surface area contributed by atoms with Crippen LogP contribution in [-0.4, -0.2) is 35.3 Å². The van der Waals surface area contributed by atoms with Crippen molar-refractivity contribution in [3.63, 3.8) is 0 Å². The molecule has 6 nitrogen and oxygen atoms in total. The molecule has 3 heterocycles. The highest BCUT2D eigenvalue weighted by atomic mass is 35.5. The molecular weight excluding hydrogens is 448 g/mol. The number of pyridine rings is 1. The minimum Gasteiger partial charge on any atom is -0.393 e. The Bertz CT molecular complexity index is 1270. The summed E-state index contributed by atoms with van der Waals surface area (Å²) in [5.41, 5.74) is 3.16. The van der Waals surface area contributed by atoms with Crippen LogP contribution in [0.5, 0.6) is 5.88 Å². The lowest BCUT2D eigenvalue weighted by atomic mass is 9.96. The van der Waals surface area contributed by atoms with Gasteiger partial charge in [0.25, 0.3) is 0 Å². The number of aromatic nitrogens is 2. The number of benzene rings is 2. The first kappa shape index (κ1) is 22.3. The first-order chi connectivity index (χ1) is 16.7. The van der Waals surface area contributed by atoms with Crippen LogP contribution in [0.15, 0.2) is 79.1 Å². The van der Waals surface area contributed by atoms with E-state index in [1.165, 1.54) is 5.69 Å². The van der Waals surface area contributed by atoms with E-state index >= 15 is 0 Å². The summed E-state index contributed by atoms with van der Waals surface area (Å²) in [6, 6.07) is 21.7. The van der Waals surface area contributed by atoms with Gasteiger partial charge in [0.15, 0.2) is 0 Å². The SMILES string of the molecule is O=C(NCC1CCN(c2ccncc2)CC1)Oc1cc2ccccc2n1Cc1ccccc1Cl. The molecule has 0 saturated carbocycles. The number of fused-ring (bicyclic) bond motifs is 1. The molecule has 2 aromatic carbocycles. The zero-order valence-corrected chi connectivity index (χ0v) is 19.6. The van der Waals surface area contributed by atoms with Crippen molar-refractivity contribution < 1.29 is 9.53 Å². The zero-order chi connectivity index (χ0) is 23.3. The molecule has 2 aromatic heterocycles. The van der Waals surface area contributed by atoms with E-state index in [1.807, 2.05) is 83.7 Å². The molecule has 0 unspecified atom stereocenters. The van der Waals surface area contributed by atoms with Crippen LogP contribution in [0.1, 0.15) is 18.4 Å². The fraction of sp³-hybridized carbons (Fsp3) is 0.259. The van der Waals surface area contributed by atoms with Crippen LogP contribution >= 0.6 is 11.6 Å². The zero-order valence-electron chi connectivity index (χ0n) is 18.9. The standard InChI is InChI=1S/C27H27ClN4O2/c28-24-7-3-1-6-22(24)19-32-25-8-4-2-5-21(25)17-26(32)34-27(33)30-18-20-11-15-31(16-12-20)23-9-13-29-14-10-23/h1-10,13-14,17,20H,11-12,15-16,18-19H2,(H,30,33). The van der Waals surface area contributed by atoms with Crippen molar-refractivity contribution in [2.24, 2.45) is 5.92 Å². The molecule has 1 aliphatic rings. The van der Waals surface area contributed by atoms with E-state index in [0.717, 1.165) is 42.4 Å². The molecule has 1 N–H and O–H groups in total. The summed E-state index contributed by atoms with van der Waals surface area (Å²) in [4.78, 5) is 19.2. The van der Waals surface area contributed by atoms with Gasteiger partial charge in [-0.25, -0.2) is 4.79 Å². The number of carbonyl (C=O) groups excluding carboxylic acids is 1. The Hall–Kier alpha value is -3.51. The number of amides is 1. The Morgan fingerprint density at radius 1 is 1.03 bits per heavy atom. The summed E-state index contributed by atoms with van der Waals surface area (Å²) in [6.07, 6.45) is 5.26. The monoisotopic (exact) mass is 474 g/mol. The number of ether oxygens (including phenoxy) is 1. The van der Waals surface area contributed by atoms with Gasteiger partial charge in [-0.15, -0.1) is 0 Å². The van der Waals surface area contributed by atoms with E-state index in [4.69, 9.17) is 16.3 Å². The number of rotatable bonds is 6. The van der Waals surface area contributed by atoms with Gasteiger partial charge in [-0.3, -0.25) is 4.98 Å². The number of nitrogens with zero attached hydrogens (tertiary/aromatic N) is 3. The third kappa shape index (κ3) is 5.02. The molecule has 4 aromatic rings. The van der Waals surface area contributed by atoms with Crippen LogP contribution in [0.4, 0.5) is 10.5 Å². The summed E-state index contributed by atoms with van der Waals surface area (Å²) in [6.45, 7) is 3.06. The largest absolute Gasteiger partial charge is 0.413 e. The Kier molecular flexibility index (Phi) is 6.67. The second-order valence-electron chi connectivity index (χ2n) is 8.63. The Morgan fingerprint density at radius 3 is 2.56 bits per heavy atom. The van der Waals surface area contributed by atoms with Crippen LogP contribution in [-0.2, 0) is 6.54 Å². The lowest BCUT2D eigenvalue weighted by molar-refractivity contribution is 0.193. The predicted molar refractivity (Wildman–Crippen MR) is 136 cm³/mol. The molecule has 34 heavy (non-hydrogen) atoms. The molecule has 1 amide bonds. The molecule has 0 bridgehead atoms. The minimum atomic E-state index is -0.431. The van der Waals surface area contributed by atoms with Gasteiger partial charge in [0.05, 0.1) is 12.1 Å². The van der Waals surface area contributed by atoms with Gasteiger partial charge in [0.2, 0.25) is 5.88 Å².